The molecule has 1 amide bonds. The maximum atomic E-state index is 16.9. The van der Waals surface area contributed by atoms with Gasteiger partial charge in [0.15, 0.2) is 5.67 Å². The van der Waals surface area contributed by atoms with Gasteiger partial charge < -0.3 is 30.3 Å². The molecule has 0 radical (unpaired) electrons. The molecule has 2 saturated heterocycles. The number of aliphatic hydroxyl groups excluding tert-OH is 3. The molecule has 1 aromatic heterocycles. The number of pyridine rings is 1. The van der Waals surface area contributed by atoms with Crippen LogP contribution in [0.1, 0.15) is 39.0 Å². The van der Waals surface area contributed by atoms with Gasteiger partial charge in [0.25, 0.3) is 5.91 Å². The molecule has 194 valence electrons. The van der Waals surface area contributed by atoms with E-state index in [1.54, 1.807) is 43.5 Å². The van der Waals surface area contributed by atoms with Crippen LogP contribution in [0.4, 0.5) is 10.1 Å². The Labute approximate surface area is 209 Å². The Bertz CT molecular complexity index is 1160. The first-order valence-electron chi connectivity index (χ1n) is 12.7. The SMILES string of the molecule is CN(C)C1CC23CCC4(O2)C(=CCC2(C)C(C(=O)Nc5cccnc5)=CCC24)C(O)C3(F)C(O)C1O. The van der Waals surface area contributed by atoms with Crippen molar-refractivity contribution >= 4 is 11.6 Å². The van der Waals surface area contributed by atoms with E-state index in [1.165, 1.54) is 0 Å². The maximum absolute atomic E-state index is 16.9. The summed E-state index contributed by atoms with van der Waals surface area (Å²) in [5.74, 6) is -0.367. The number of rotatable bonds is 3. The monoisotopic (exact) mass is 499 g/mol. The standard InChI is InChI=1S/C27H34FN3O5/c1-24-9-8-16-21(33)27(28)22(34)20(32)18(31(2)3)13-25(27)10-11-26(16,36-25)19(24)7-6-17(24)23(35)30-15-5-4-12-29-14-15/h4-6,8,12,14,18-22,32-34H,7,9-11,13H2,1-3H3,(H,30,35). The number of fused-ring (bicyclic) bond motifs is 1. The van der Waals surface area contributed by atoms with Crippen molar-refractivity contribution in [3.63, 3.8) is 0 Å². The van der Waals surface area contributed by atoms with Crippen LogP contribution in [0.5, 0.6) is 0 Å². The summed E-state index contributed by atoms with van der Waals surface area (Å²) in [6, 6.07) is 3.02. The average Bonchev–Trinajstić information content (AvgIpc) is 3.38. The summed E-state index contributed by atoms with van der Waals surface area (Å²) in [4.78, 5) is 19.2. The number of halogens is 1. The van der Waals surface area contributed by atoms with Gasteiger partial charge in [0.1, 0.15) is 17.8 Å². The number of amides is 1. The third-order valence-electron chi connectivity index (χ3n) is 9.92. The van der Waals surface area contributed by atoms with Crippen LogP contribution in [0.2, 0.25) is 0 Å². The molecule has 1 saturated carbocycles. The van der Waals surface area contributed by atoms with Gasteiger partial charge >= 0.3 is 0 Å². The highest BCUT2D eigenvalue weighted by atomic mass is 19.1. The Balaban J connectivity index is 1.38. The summed E-state index contributed by atoms with van der Waals surface area (Å²) in [5.41, 5.74) is -3.75. The van der Waals surface area contributed by atoms with Gasteiger partial charge in [-0.15, -0.1) is 0 Å². The number of alkyl halides is 1. The smallest absolute Gasteiger partial charge is 0.251 e. The third kappa shape index (κ3) is 2.81. The van der Waals surface area contributed by atoms with Crippen molar-refractivity contribution in [2.45, 2.75) is 80.3 Å². The Kier molecular flexibility index (Phi) is 5.16. The van der Waals surface area contributed by atoms with Crippen LogP contribution in [0, 0.1) is 11.3 Å². The van der Waals surface area contributed by atoms with E-state index in [-0.39, 0.29) is 18.2 Å². The molecule has 5 aliphatic rings. The number of carbonyl (C=O) groups is 1. The van der Waals surface area contributed by atoms with Crippen molar-refractivity contribution in [3.05, 3.63) is 47.8 Å². The van der Waals surface area contributed by atoms with Crippen molar-refractivity contribution in [2.24, 2.45) is 11.3 Å². The number of aromatic nitrogens is 1. The molecule has 8 nitrogen and oxygen atoms in total. The van der Waals surface area contributed by atoms with Crippen LogP contribution < -0.4 is 5.32 Å². The molecule has 4 N–H and O–H groups in total. The molecule has 3 heterocycles. The molecule has 9 atom stereocenters. The third-order valence-corrected chi connectivity index (χ3v) is 9.92. The average molecular weight is 500 g/mol. The van der Waals surface area contributed by atoms with Gasteiger partial charge in [0, 0.05) is 29.1 Å². The summed E-state index contributed by atoms with van der Waals surface area (Å²) in [7, 11) is 3.56. The minimum Gasteiger partial charge on any atom is -0.389 e. The first-order chi connectivity index (χ1) is 17.0. The molecule has 2 aliphatic heterocycles. The van der Waals surface area contributed by atoms with Crippen LogP contribution in [0.25, 0.3) is 0 Å². The lowest BCUT2D eigenvalue weighted by atomic mass is 9.56. The van der Waals surface area contributed by atoms with E-state index >= 15 is 4.39 Å². The van der Waals surface area contributed by atoms with Crippen molar-refractivity contribution in [1.82, 2.24) is 9.88 Å². The second-order valence-corrected chi connectivity index (χ2v) is 11.7. The highest BCUT2D eigenvalue weighted by Gasteiger charge is 2.79. The van der Waals surface area contributed by atoms with E-state index in [0.717, 1.165) is 0 Å². The minimum atomic E-state index is -2.52. The Morgan fingerprint density at radius 3 is 2.72 bits per heavy atom. The van der Waals surface area contributed by atoms with E-state index in [2.05, 4.69) is 10.3 Å². The summed E-state index contributed by atoms with van der Waals surface area (Å²) in [6.45, 7) is 2.04. The van der Waals surface area contributed by atoms with Crippen molar-refractivity contribution in [2.75, 3.05) is 19.4 Å². The van der Waals surface area contributed by atoms with Crippen LogP contribution in [-0.4, -0.2) is 86.4 Å². The summed E-state index contributed by atoms with van der Waals surface area (Å²) < 4.78 is 23.7. The van der Waals surface area contributed by atoms with Crippen LogP contribution in [-0.2, 0) is 9.53 Å². The fraction of sp³-hybridized carbons (Fsp3) is 0.630. The molecule has 6 rings (SSSR count). The van der Waals surface area contributed by atoms with Gasteiger partial charge in [-0.05, 0) is 63.9 Å². The molecule has 2 bridgehead atoms. The van der Waals surface area contributed by atoms with Gasteiger partial charge in [-0.1, -0.05) is 19.1 Å². The number of allylic oxidation sites excluding steroid dienone is 2. The zero-order chi connectivity index (χ0) is 25.7. The molecule has 0 aromatic carbocycles. The highest BCUT2D eigenvalue weighted by molar-refractivity contribution is 6.05. The Hall–Kier alpha value is -2.17. The quantitative estimate of drug-likeness (QED) is 0.468. The second-order valence-electron chi connectivity index (χ2n) is 11.7. The largest absolute Gasteiger partial charge is 0.389 e. The number of hydrogen-bond acceptors (Lipinski definition) is 7. The van der Waals surface area contributed by atoms with Gasteiger partial charge in [-0.25, -0.2) is 4.39 Å². The number of aliphatic hydroxyl groups is 3. The first-order valence-corrected chi connectivity index (χ1v) is 12.7. The lowest BCUT2D eigenvalue weighted by molar-refractivity contribution is -0.309. The van der Waals surface area contributed by atoms with Gasteiger partial charge in [-0.3, -0.25) is 9.78 Å². The van der Waals surface area contributed by atoms with Crippen molar-refractivity contribution in [1.29, 1.82) is 0 Å². The zero-order valence-electron chi connectivity index (χ0n) is 20.8. The Morgan fingerprint density at radius 2 is 2.03 bits per heavy atom. The van der Waals surface area contributed by atoms with Crippen LogP contribution >= 0.6 is 0 Å². The van der Waals surface area contributed by atoms with Crippen molar-refractivity contribution < 1.29 is 29.2 Å². The van der Waals surface area contributed by atoms with E-state index in [9.17, 15) is 20.1 Å². The van der Waals surface area contributed by atoms with Gasteiger partial charge in [0.2, 0.25) is 0 Å². The molecule has 3 fully saturated rings. The second kappa shape index (κ2) is 7.68. The number of carbonyl (C=O) groups excluding carboxylic acids is 1. The molecular formula is C27H34FN3O5. The normalized spacial score (nSPS) is 46.9. The van der Waals surface area contributed by atoms with Gasteiger partial charge in [0.05, 0.1) is 23.6 Å². The number of hydrogen-bond donors (Lipinski definition) is 4. The fourth-order valence-corrected chi connectivity index (χ4v) is 8.07. The summed E-state index contributed by atoms with van der Waals surface area (Å²) >= 11 is 0. The zero-order valence-corrected chi connectivity index (χ0v) is 20.8. The molecule has 9 unspecified atom stereocenters. The predicted octanol–water partition coefficient (Wildman–Crippen LogP) is 1.73. The molecular weight excluding hydrogens is 465 g/mol. The number of likely N-dealkylation sites (N-methyl/N-ethyl adjacent to an activating group) is 1. The Morgan fingerprint density at radius 1 is 1.25 bits per heavy atom. The van der Waals surface area contributed by atoms with E-state index in [4.69, 9.17) is 4.74 Å². The lowest BCUT2D eigenvalue weighted by Crippen LogP contribution is -2.78. The highest BCUT2D eigenvalue weighted by Crippen LogP contribution is 2.69. The van der Waals surface area contributed by atoms with Gasteiger partial charge in [-0.2, -0.15) is 0 Å². The lowest BCUT2D eigenvalue weighted by Gasteiger charge is -2.62. The molecule has 36 heavy (non-hydrogen) atoms. The number of ether oxygens (including phenoxy) is 1. The van der Waals surface area contributed by atoms with E-state index < -0.39 is 46.6 Å². The topological polar surface area (TPSA) is 115 Å². The number of nitrogens with one attached hydrogen (secondary N) is 1. The summed E-state index contributed by atoms with van der Waals surface area (Å²) in [6.07, 6.45) is 4.20. The molecule has 3 aliphatic carbocycles. The molecule has 2 spiro atoms. The predicted molar refractivity (Wildman–Crippen MR) is 130 cm³/mol. The molecule has 9 heteroatoms. The number of anilines is 1. The molecule has 1 aromatic rings. The minimum absolute atomic E-state index is 0.159. The number of nitrogens with zero attached hydrogens (tertiary/aromatic N) is 2. The summed E-state index contributed by atoms with van der Waals surface area (Å²) in [5, 5.41) is 36.3. The fourth-order valence-electron chi connectivity index (χ4n) is 8.07. The van der Waals surface area contributed by atoms with E-state index in [0.29, 0.717) is 42.5 Å². The maximum Gasteiger partial charge on any atom is 0.251 e. The van der Waals surface area contributed by atoms with E-state index in [1.807, 2.05) is 19.1 Å². The first kappa shape index (κ1) is 24.2. The van der Waals surface area contributed by atoms with Crippen LogP contribution in [0.3, 0.4) is 0 Å². The van der Waals surface area contributed by atoms with Crippen LogP contribution in [0.15, 0.2) is 47.8 Å². The van der Waals surface area contributed by atoms with Crippen molar-refractivity contribution in [3.8, 4) is 0 Å².